The van der Waals surface area contributed by atoms with Gasteiger partial charge in [0.05, 0.1) is 5.69 Å². The number of para-hydroxylation sites is 1. The molecular formula is C21H28N4O4S. The summed E-state index contributed by atoms with van der Waals surface area (Å²) in [6.07, 6.45) is 0. The lowest BCUT2D eigenvalue weighted by molar-refractivity contribution is -0.139. The number of nitrogens with zero attached hydrogens (tertiary/aromatic N) is 3. The first kappa shape index (κ1) is 23.4. The summed E-state index contributed by atoms with van der Waals surface area (Å²) >= 11 is 0. The van der Waals surface area contributed by atoms with E-state index in [1.54, 1.807) is 37.3 Å². The Morgan fingerprint density at radius 3 is 2.00 bits per heavy atom. The van der Waals surface area contributed by atoms with Gasteiger partial charge in [0.25, 0.3) is 0 Å². The Balaban J connectivity index is 2.39. The summed E-state index contributed by atoms with van der Waals surface area (Å²) in [5.41, 5.74) is 1.20. The number of carbonyl (C=O) groups is 2. The minimum absolute atomic E-state index is 0.179. The van der Waals surface area contributed by atoms with E-state index in [4.69, 9.17) is 0 Å². The van der Waals surface area contributed by atoms with Gasteiger partial charge < -0.3 is 10.2 Å². The van der Waals surface area contributed by atoms with Crippen molar-refractivity contribution in [3.63, 3.8) is 0 Å². The largest absolute Gasteiger partial charge is 0.357 e. The molecule has 0 aromatic heterocycles. The van der Waals surface area contributed by atoms with E-state index in [2.05, 4.69) is 5.32 Å². The number of amides is 2. The molecule has 0 fully saturated rings. The molecule has 0 aliphatic heterocycles. The fraction of sp³-hybridized carbons (Fsp3) is 0.333. The number of likely N-dealkylation sites (N-methyl/N-ethyl adjacent to an activating group) is 1. The van der Waals surface area contributed by atoms with E-state index < -0.39 is 28.7 Å². The van der Waals surface area contributed by atoms with Gasteiger partial charge in [-0.05, 0) is 24.6 Å². The summed E-state index contributed by atoms with van der Waals surface area (Å²) < 4.78 is 27.9. The zero-order valence-corrected chi connectivity index (χ0v) is 18.5. The lowest BCUT2D eigenvalue weighted by Gasteiger charge is -2.32. The van der Waals surface area contributed by atoms with Gasteiger partial charge in [0.2, 0.25) is 11.8 Å². The Morgan fingerprint density at radius 1 is 0.967 bits per heavy atom. The maximum Gasteiger partial charge on any atom is 0.304 e. The van der Waals surface area contributed by atoms with Crippen LogP contribution in [-0.2, 0) is 26.3 Å². The normalized spacial score (nSPS) is 12.3. The number of hydrogen-bond donors (Lipinski definition) is 1. The number of carbonyl (C=O) groups excluding carboxylic acids is 2. The van der Waals surface area contributed by atoms with Crippen molar-refractivity contribution >= 4 is 27.7 Å². The quantitative estimate of drug-likeness (QED) is 0.650. The highest BCUT2D eigenvalue weighted by molar-refractivity contribution is 7.90. The van der Waals surface area contributed by atoms with Crippen LogP contribution in [0.15, 0.2) is 60.7 Å². The van der Waals surface area contributed by atoms with Crippen LogP contribution in [0.4, 0.5) is 5.69 Å². The number of nitrogens with one attached hydrogen (secondary N) is 1. The smallest absolute Gasteiger partial charge is 0.304 e. The van der Waals surface area contributed by atoms with Crippen LogP contribution in [0.2, 0.25) is 0 Å². The van der Waals surface area contributed by atoms with E-state index in [1.165, 1.54) is 26.0 Å². The van der Waals surface area contributed by atoms with E-state index in [9.17, 15) is 18.0 Å². The molecule has 30 heavy (non-hydrogen) atoms. The van der Waals surface area contributed by atoms with Gasteiger partial charge in [-0.2, -0.15) is 12.7 Å². The zero-order chi connectivity index (χ0) is 22.3. The van der Waals surface area contributed by atoms with Crippen molar-refractivity contribution in [2.24, 2.45) is 0 Å². The second-order valence-corrected chi connectivity index (χ2v) is 9.00. The molecule has 8 nitrogen and oxygen atoms in total. The monoisotopic (exact) mass is 432 g/mol. The first-order valence-corrected chi connectivity index (χ1v) is 10.9. The standard InChI is InChI=1S/C21H28N4O4S/c1-17(21(27)22-2)24(15-18-11-7-5-8-12-18)20(26)16-25(30(28,29)23(3)4)19-13-9-6-10-14-19/h5-14,17H,15-16H2,1-4H3,(H,22,27)/t17-/m0/s1. The summed E-state index contributed by atoms with van der Waals surface area (Å²) in [5, 5.41) is 2.55. The highest BCUT2D eigenvalue weighted by Crippen LogP contribution is 2.20. The van der Waals surface area contributed by atoms with E-state index in [0.717, 1.165) is 14.2 Å². The second-order valence-electron chi connectivity index (χ2n) is 6.93. The molecule has 1 atom stereocenters. The van der Waals surface area contributed by atoms with Crippen LogP contribution in [0.3, 0.4) is 0 Å². The molecule has 0 unspecified atom stereocenters. The summed E-state index contributed by atoms with van der Waals surface area (Å²) in [6.45, 7) is 1.37. The topological polar surface area (TPSA) is 90.0 Å². The lowest BCUT2D eigenvalue weighted by Crippen LogP contribution is -2.52. The summed E-state index contributed by atoms with van der Waals surface area (Å²) in [5.74, 6) is -0.815. The number of hydrogen-bond acceptors (Lipinski definition) is 4. The van der Waals surface area contributed by atoms with Gasteiger partial charge in [0, 0.05) is 27.7 Å². The summed E-state index contributed by atoms with van der Waals surface area (Å²) in [7, 11) is 0.385. The molecule has 9 heteroatoms. The van der Waals surface area contributed by atoms with Crippen LogP contribution in [0.1, 0.15) is 12.5 Å². The predicted octanol–water partition coefficient (Wildman–Crippen LogP) is 1.46. The second kappa shape index (κ2) is 10.2. The van der Waals surface area contributed by atoms with Crippen molar-refractivity contribution in [3.8, 4) is 0 Å². The third kappa shape index (κ3) is 5.58. The Morgan fingerprint density at radius 2 is 1.50 bits per heavy atom. The lowest BCUT2D eigenvalue weighted by atomic mass is 10.1. The Labute approximate surface area is 178 Å². The third-order valence-electron chi connectivity index (χ3n) is 4.67. The minimum Gasteiger partial charge on any atom is -0.357 e. The van der Waals surface area contributed by atoms with Crippen molar-refractivity contribution < 1.29 is 18.0 Å². The molecule has 2 aromatic rings. The van der Waals surface area contributed by atoms with Crippen molar-refractivity contribution in [2.45, 2.75) is 19.5 Å². The van der Waals surface area contributed by atoms with Crippen LogP contribution < -0.4 is 9.62 Å². The maximum absolute atomic E-state index is 13.3. The van der Waals surface area contributed by atoms with Crippen LogP contribution in [-0.4, -0.2) is 63.2 Å². The zero-order valence-electron chi connectivity index (χ0n) is 17.6. The molecule has 0 aliphatic rings. The van der Waals surface area contributed by atoms with Crippen LogP contribution in [0.5, 0.6) is 0 Å². The SMILES string of the molecule is CNC(=O)[C@H](C)N(Cc1ccccc1)C(=O)CN(c1ccccc1)S(=O)(=O)N(C)C. The van der Waals surface area contributed by atoms with E-state index in [1.807, 2.05) is 30.3 Å². The molecule has 0 saturated heterocycles. The van der Waals surface area contributed by atoms with Crippen molar-refractivity contribution in [1.82, 2.24) is 14.5 Å². The van der Waals surface area contributed by atoms with Crippen molar-refractivity contribution in [3.05, 3.63) is 66.2 Å². The minimum atomic E-state index is -3.93. The van der Waals surface area contributed by atoms with Gasteiger partial charge in [-0.25, -0.2) is 4.31 Å². The van der Waals surface area contributed by atoms with Gasteiger partial charge >= 0.3 is 10.2 Å². The Kier molecular flexibility index (Phi) is 7.96. The number of benzene rings is 2. The van der Waals surface area contributed by atoms with Gasteiger partial charge in [-0.15, -0.1) is 0 Å². The van der Waals surface area contributed by atoms with Gasteiger partial charge in [0.15, 0.2) is 0 Å². The summed E-state index contributed by atoms with van der Waals surface area (Å²) in [4.78, 5) is 26.9. The average molecular weight is 433 g/mol. The van der Waals surface area contributed by atoms with Crippen molar-refractivity contribution in [1.29, 1.82) is 0 Å². The molecule has 2 rings (SSSR count). The van der Waals surface area contributed by atoms with Crippen LogP contribution in [0.25, 0.3) is 0 Å². The van der Waals surface area contributed by atoms with Gasteiger partial charge in [-0.1, -0.05) is 48.5 Å². The Bertz CT molecular complexity index is 949. The Hall–Kier alpha value is -2.91. The van der Waals surface area contributed by atoms with Crippen LogP contribution in [0, 0.1) is 0 Å². The van der Waals surface area contributed by atoms with Gasteiger partial charge in [-0.3, -0.25) is 9.59 Å². The fourth-order valence-corrected chi connectivity index (χ4v) is 3.94. The van der Waals surface area contributed by atoms with Crippen molar-refractivity contribution in [2.75, 3.05) is 32.0 Å². The molecule has 0 heterocycles. The highest BCUT2D eigenvalue weighted by Gasteiger charge is 2.32. The molecule has 0 bridgehead atoms. The van der Waals surface area contributed by atoms with Gasteiger partial charge in [0.1, 0.15) is 12.6 Å². The third-order valence-corrected chi connectivity index (χ3v) is 6.49. The highest BCUT2D eigenvalue weighted by atomic mass is 32.2. The molecule has 2 aromatic carbocycles. The molecular weight excluding hydrogens is 404 g/mol. The number of rotatable bonds is 9. The molecule has 0 aliphatic carbocycles. The molecule has 0 spiro atoms. The van der Waals surface area contributed by atoms with Crippen LogP contribution >= 0.6 is 0 Å². The molecule has 162 valence electrons. The number of anilines is 1. The predicted molar refractivity (Wildman–Crippen MR) is 117 cm³/mol. The van der Waals surface area contributed by atoms with E-state index >= 15 is 0 Å². The molecule has 0 saturated carbocycles. The maximum atomic E-state index is 13.3. The first-order chi connectivity index (χ1) is 14.2. The molecule has 1 N–H and O–H groups in total. The molecule has 0 radical (unpaired) electrons. The van der Waals surface area contributed by atoms with E-state index in [-0.39, 0.29) is 12.5 Å². The van der Waals surface area contributed by atoms with E-state index in [0.29, 0.717) is 5.69 Å². The first-order valence-electron chi connectivity index (χ1n) is 9.48. The fourth-order valence-electron chi connectivity index (χ4n) is 2.88. The average Bonchev–Trinajstić information content (AvgIpc) is 2.75. The molecule has 2 amide bonds. The summed E-state index contributed by atoms with van der Waals surface area (Å²) in [6, 6.07) is 16.9.